The van der Waals surface area contributed by atoms with Crippen LogP contribution in [0.4, 0.5) is 0 Å². The lowest BCUT2D eigenvalue weighted by Crippen LogP contribution is -2.60. The maximum Gasteiger partial charge on any atom is 0.262 e. The molecular weight excluding hydrogens is 727 g/mol. The Balaban J connectivity index is 1.21. The Labute approximate surface area is 333 Å². The lowest BCUT2D eigenvalue weighted by molar-refractivity contribution is 0.671. The summed E-state index contributed by atoms with van der Waals surface area (Å²) in [5, 5.41) is 28.7. The molecule has 2 aliphatic rings. The van der Waals surface area contributed by atoms with Crippen molar-refractivity contribution >= 4 is 111 Å². The minimum absolute atomic E-state index is 0.376. The number of fused-ring (bicyclic) bond motifs is 16. The first-order valence-corrected chi connectivity index (χ1v) is 19.9. The molecule has 8 nitrogen and oxygen atoms in total. The van der Waals surface area contributed by atoms with E-state index in [1.54, 1.807) is 0 Å². The molecule has 59 heavy (non-hydrogen) atoms. The first kappa shape index (κ1) is 30.1. The molecule has 15 rings (SSSR count). The fourth-order valence-electron chi connectivity index (χ4n) is 10.6. The van der Waals surface area contributed by atoms with E-state index in [1.165, 1.54) is 0 Å². The second-order valence-corrected chi connectivity index (χ2v) is 15.8. The molecule has 0 saturated heterocycles. The number of nitrogens with zero attached hydrogens (tertiary/aromatic N) is 6. The van der Waals surface area contributed by atoms with Crippen LogP contribution >= 0.6 is 0 Å². The molecule has 0 atom stereocenters. The molecule has 0 aliphatic carbocycles. The molecule has 0 N–H and O–H groups in total. The van der Waals surface area contributed by atoms with Crippen LogP contribution in [0.5, 0.6) is 0 Å². The van der Waals surface area contributed by atoms with E-state index < -0.39 is 0 Å². The Kier molecular flexibility index (Phi) is 5.35. The first-order chi connectivity index (χ1) is 29.3. The van der Waals surface area contributed by atoms with Crippen LogP contribution in [-0.2, 0) is 0 Å². The number of benzene rings is 9. The molecular formula is C50H25BN6O2. The quantitative estimate of drug-likeness (QED) is 0.164. The van der Waals surface area contributed by atoms with Gasteiger partial charge in [0.15, 0.2) is 0 Å². The average molecular weight is 753 g/mol. The van der Waals surface area contributed by atoms with Gasteiger partial charge in [-0.1, -0.05) is 132 Å². The van der Waals surface area contributed by atoms with Crippen molar-refractivity contribution in [3.63, 3.8) is 0 Å². The molecule has 13 aromatic rings. The van der Waals surface area contributed by atoms with Crippen molar-refractivity contribution < 1.29 is 8.83 Å². The second-order valence-electron chi connectivity index (χ2n) is 15.8. The molecule has 0 unspecified atom stereocenters. The van der Waals surface area contributed by atoms with Crippen LogP contribution < -0.4 is 16.4 Å². The maximum atomic E-state index is 7.15. The highest BCUT2D eigenvalue weighted by Gasteiger charge is 2.47. The lowest BCUT2D eigenvalue weighted by Gasteiger charge is -2.33. The molecule has 9 heteroatoms. The molecule has 0 fully saturated rings. The van der Waals surface area contributed by atoms with Gasteiger partial charge in [-0.15, -0.1) is 10.2 Å². The Hall–Kier alpha value is -8.04. The van der Waals surface area contributed by atoms with E-state index in [0.29, 0.717) is 0 Å². The van der Waals surface area contributed by atoms with Crippen LogP contribution in [0, 0.1) is 0 Å². The van der Waals surface area contributed by atoms with Crippen molar-refractivity contribution in [2.45, 2.75) is 0 Å². The number of rotatable bonds is 2. The second kappa shape index (κ2) is 10.5. The monoisotopic (exact) mass is 752 g/mol. The van der Waals surface area contributed by atoms with Crippen LogP contribution in [-0.4, -0.2) is 36.7 Å². The third kappa shape index (κ3) is 3.63. The van der Waals surface area contributed by atoms with E-state index >= 15 is 0 Å². The van der Waals surface area contributed by atoms with Crippen molar-refractivity contribution in [3.05, 3.63) is 152 Å². The van der Waals surface area contributed by atoms with Gasteiger partial charge in [0.1, 0.15) is 33.4 Å². The van der Waals surface area contributed by atoms with Gasteiger partial charge in [0, 0.05) is 43.6 Å². The van der Waals surface area contributed by atoms with Crippen molar-refractivity contribution in [2.24, 2.45) is 0 Å². The molecule has 0 radical (unpaired) electrons. The van der Waals surface area contributed by atoms with Crippen LogP contribution in [0.3, 0.4) is 0 Å². The van der Waals surface area contributed by atoms with Gasteiger partial charge in [-0.3, -0.25) is 0 Å². The summed E-state index contributed by atoms with van der Waals surface area (Å²) < 4.78 is 18.4. The zero-order valence-corrected chi connectivity index (χ0v) is 31.0. The van der Waals surface area contributed by atoms with Crippen molar-refractivity contribution in [2.75, 3.05) is 0 Å². The third-order valence-electron chi connectivity index (χ3n) is 13.0. The molecule has 0 saturated carbocycles. The summed E-state index contributed by atoms with van der Waals surface area (Å²) in [6, 6.07) is 53.3. The summed E-state index contributed by atoms with van der Waals surface area (Å²) in [5.41, 5.74) is 16.0. The van der Waals surface area contributed by atoms with Gasteiger partial charge in [-0.05, 0) is 68.5 Å². The highest BCUT2D eigenvalue weighted by molar-refractivity contribution is 7.02. The van der Waals surface area contributed by atoms with Crippen molar-refractivity contribution in [1.29, 1.82) is 0 Å². The van der Waals surface area contributed by atoms with E-state index in [-0.39, 0.29) is 6.71 Å². The largest absolute Gasteiger partial charge is 0.456 e. The van der Waals surface area contributed by atoms with E-state index in [4.69, 9.17) is 29.5 Å². The predicted octanol–water partition coefficient (Wildman–Crippen LogP) is 9.74. The SMILES string of the molecule is c1ccc(-c2cc(-c3ccccc3)c3c4c2-n2nnc5cc6c(oc7ccc8ccccc8c76)c(c52)B4c2c4oc5ccc6ccccc6c5c4cc4nnn-3c24)cc1. The number of hydrogen-bond acceptors (Lipinski definition) is 6. The molecule has 9 aromatic carbocycles. The summed E-state index contributed by atoms with van der Waals surface area (Å²) >= 11 is 0. The highest BCUT2D eigenvalue weighted by Crippen LogP contribution is 2.44. The summed E-state index contributed by atoms with van der Waals surface area (Å²) in [6.07, 6.45) is 0. The van der Waals surface area contributed by atoms with Gasteiger partial charge in [0.2, 0.25) is 0 Å². The van der Waals surface area contributed by atoms with Crippen LogP contribution in [0.15, 0.2) is 160 Å². The van der Waals surface area contributed by atoms with Crippen molar-refractivity contribution in [3.8, 4) is 33.6 Å². The number of aromatic nitrogens is 6. The smallest absolute Gasteiger partial charge is 0.262 e. The number of furan rings is 2. The normalized spacial score (nSPS) is 13.1. The molecule has 2 aliphatic heterocycles. The standard InChI is InChI=1S/C50H25BN6O2/c1-3-11-26(12-4-1)32-23-33(27-13-5-2-6-14-27)46-42-45(32)56-47-36(52-54-56)24-34-40-30-17-9-7-15-28(30)19-21-38(40)58-49(34)43(47)51(42)44-48-37(53-55-57(46)48)25-35-41-31-18-10-8-16-29(31)20-22-39(41)59-50(35)44/h1-25H. The Bertz CT molecular complexity index is 3770. The molecule has 0 spiro atoms. The molecule has 0 amide bonds. The Morgan fingerprint density at radius 1 is 0.424 bits per heavy atom. The van der Waals surface area contributed by atoms with E-state index in [2.05, 4.69) is 152 Å². The van der Waals surface area contributed by atoms with Gasteiger partial charge in [0.25, 0.3) is 6.71 Å². The maximum absolute atomic E-state index is 7.15. The zero-order chi connectivity index (χ0) is 38.1. The average Bonchev–Trinajstić information content (AvgIpc) is 4.10. The van der Waals surface area contributed by atoms with E-state index in [1.807, 2.05) is 9.36 Å². The van der Waals surface area contributed by atoms with Gasteiger partial charge in [-0.25, -0.2) is 9.36 Å². The fourth-order valence-corrected chi connectivity index (χ4v) is 10.6. The summed E-state index contributed by atoms with van der Waals surface area (Å²) in [5.74, 6) is 0. The third-order valence-corrected chi connectivity index (χ3v) is 13.0. The lowest BCUT2D eigenvalue weighted by atomic mass is 9.33. The minimum atomic E-state index is -0.376. The molecule has 270 valence electrons. The van der Waals surface area contributed by atoms with Crippen molar-refractivity contribution in [1.82, 2.24) is 30.0 Å². The zero-order valence-electron chi connectivity index (χ0n) is 31.0. The van der Waals surface area contributed by atoms with Crippen LogP contribution in [0.1, 0.15) is 0 Å². The summed E-state index contributed by atoms with van der Waals surface area (Å²) in [6.45, 7) is -0.376. The highest BCUT2D eigenvalue weighted by atomic mass is 16.3. The van der Waals surface area contributed by atoms with E-state index in [0.717, 1.165) is 138 Å². The van der Waals surface area contributed by atoms with Crippen LogP contribution in [0.2, 0.25) is 0 Å². The molecule has 6 heterocycles. The van der Waals surface area contributed by atoms with Gasteiger partial charge >= 0.3 is 0 Å². The summed E-state index contributed by atoms with van der Waals surface area (Å²) in [4.78, 5) is 0. The topological polar surface area (TPSA) is 87.7 Å². The fraction of sp³-hybridized carbons (Fsp3) is 0. The number of hydrogen-bond donors (Lipinski definition) is 0. The predicted molar refractivity (Wildman–Crippen MR) is 236 cm³/mol. The Morgan fingerprint density at radius 3 is 1.37 bits per heavy atom. The van der Waals surface area contributed by atoms with Gasteiger partial charge < -0.3 is 8.83 Å². The van der Waals surface area contributed by atoms with E-state index in [9.17, 15) is 0 Å². The van der Waals surface area contributed by atoms with Crippen LogP contribution in [0.25, 0.3) is 121 Å². The van der Waals surface area contributed by atoms with Gasteiger partial charge in [0.05, 0.1) is 22.4 Å². The van der Waals surface area contributed by atoms with Gasteiger partial charge in [-0.2, -0.15) is 0 Å². The first-order valence-electron chi connectivity index (χ1n) is 19.9. The Morgan fingerprint density at radius 2 is 0.881 bits per heavy atom. The molecule has 0 bridgehead atoms. The minimum Gasteiger partial charge on any atom is -0.456 e. The molecule has 4 aromatic heterocycles. The summed E-state index contributed by atoms with van der Waals surface area (Å²) in [7, 11) is 0.